The van der Waals surface area contributed by atoms with E-state index in [1.807, 2.05) is 18.4 Å². The normalized spacial score (nSPS) is 34.2. The number of thiophene rings is 1. The molecule has 0 bridgehead atoms. The Labute approximate surface area is 88.1 Å². The van der Waals surface area contributed by atoms with Crippen LogP contribution in [0.15, 0.2) is 11.4 Å². The minimum absolute atomic E-state index is 0.354. The van der Waals surface area contributed by atoms with Crippen molar-refractivity contribution in [1.29, 1.82) is 0 Å². The summed E-state index contributed by atoms with van der Waals surface area (Å²) >= 11 is 1.68. The van der Waals surface area contributed by atoms with Crippen LogP contribution in [0.5, 0.6) is 0 Å². The molecule has 1 nitrogen and oxygen atoms in total. The topological polar surface area (TPSA) is 17.1 Å². The fourth-order valence-electron chi connectivity index (χ4n) is 2.79. The van der Waals surface area contributed by atoms with Crippen molar-refractivity contribution in [2.45, 2.75) is 26.2 Å². The van der Waals surface area contributed by atoms with Crippen LogP contribution in [-0.2, 0) is 0 Å². The van der Waals surface area contributed by atoms with Crippen LogP contribution < -0.4 is 0 Å². The maximum atomic E-state index is 12.1. The van der Waals surface area contributed by atoms with E-state index in [0.717, 1.165) is 17.4 Å². The van der Waals surface area contributed by atoms with E-state index in [1.54, 1.807) is 11.3 Å². The standard InChI is InChI=1S/C12H14OS/c1-7-11(2-3-14-7)12(13)10-5-8-4-9(8)6-10/h2-3,8-10H,4-6H2,1H3. The van der Waals surface area contributed by atoms with Gasteiger partial charge in [0.2, 0.25) is 0 Å². The molecule has 0 saturated heterocycles. The van der Waals surface area contributed by atoms with E-state index in [9.17, 15) is 4.79 Å². The van der Waals surface area contributed by atoms with Gasteiger partial charge in [0.25, 0.3) is 0 Å². The van der Waals surface area contributed by atoms with E-state index in [0.29, 0.717) is 11.7 Å². The number of rotatable bonds is 2. The monoisotopic (exact) mass is 206 g/mol. The van der Waals surface area contributed by atoms with E-state index >= 15 is 0 Å². The Hall–Kier alpha value is -0.630. The third-order valence-corrected chi connectivity index (χ3v) is 4.58. The number of carbonyl (C=O) groups excluding carboxylic acids is 1. The Bertz CT molecular complexity index is 369. The van der Waals surface area contributed by atoms with Crippen LogP contribution in [0.1, 0.15) is 34.5 Å². The number of fused-ring (bicyclic) bond motifs is 1. The second-order valence-corrected chi connectivity index (χ2v) is 5.80. The van der Waals surface area contributed by atoms with Crippen LogP contribution in [0, 0.1) is 24.7 Å². The summed E-state index contributed by atoms with van der Waals surface area (Å²) in [5.41, 5.74) is 0.987. The molecule has 3 rings (SSSR count). The zero-order valence-corrected chi connectivity index (χ0v) is 9.14. The van der Waals surface area contributed by atoms with Gasteiger partial charge in [0.15, 0.2) is 5.78 Å². The second kappa shape index (κ2) is 2.93. The maximum absolute atomic E-state index is 12.1. The Morgan fingerprint density at radius 2 is 2.07 bits per heavy atom. The van der Waals surface area contributed by atoms with Crippen molar-refractivity contribution in [2.75, 3.05) is 0 Å². The van der Waals surface area contributed by atoms with Gasteiger partial charge in [-0.1, -0.05) is 0 Å². The third kappa shape index (κ3) is 1.24. The molecule has 0 amide bonds. The van der Waals surface area contributed by atoms with Crippen LogP contribution in [0.25, 0.3) is 0 Å². The van der Waals surface area contributed by atoms with E-state index < -0.39 is 0 Å². The van der Waals surface area contributed by atoms with Gasteiger partial charge >= 0.3 is 0 Å². The molecule has 1 heterocycles. The minimum Gasteiger partial charge on any atom is -0.294 e. The Morgan fingerprint density at radius 3 is 2.64 bits per heavy atom. The van der Waals surface area contributed by atoms with Crippen molar-refractivity contribution < 1.29 is 4.79 Å². The first-order chi connectivity index (χ1) is 6.75. The van der Waals surface area contributed by atoms with Crippen LogP contribution in [-0.4, -0.2) is 5.78 Å². The predicted molar refractivity (Wildman–Crippen MR) is 57.7 cm³/mol. The highest BCUT2D eigenvalue weighted by Crippen LogP contribution is 2.55. The number of Topliss-reactive ketones (excluding diaryl/α,β-unsaturated/α-hetero) is 1. The van der Waals surface area contributed by atoms with Crippen molar-refractivity contribution in [1.82, 2.24) is 0 Å². The molecular formula is C12H14OS. The molecule has 2 atom stereocenters. The van der Waals surface area contributed by atoms with Gasteiger partial charge in [0.05, 0.1) is 0 Å². The Balaban J connectivity index is 1.79. The molecule has 0 aliphatic heterocycles. The van der Waals surface area contributed by atoms with Crippen LogP contribution in [0.2, 0.25) is 0 Å². The zero-order chi connectivity index (χ0) is 9.71. The van der Waals surface area contributed by atoms with Gasteiger partial charge in [-0.15, -0.1) is 11.3 Å². The molecule has 0 radical (unpaired) electrons. The van der Waals surface area contributed by atoms with Crippen LogP contribution in [0.3, 0.4) is 0 Å². The average molecular weight is 206 g/mol. The first kappa shape index (κ1) is 8.66. The van der Waals surface area contributed by atoms with Gasteiger partial charge < -0.3 is 0 Å². The lowest BCUT2D eigenvalue weighted by molar-refractivity contribution is 0.0914. The molecular weight excluding hydrogens is 192 g/mol. The molecule has 0 N–H and O–H groups in total. The number of ketones is 1. The van der Waals surface area contributed by atoms with E-state index in [-0.39, 0.29) is 0 Å². The number of hydrogen-bond donors (Lipinski definition) is 0. The first-order valence-corrected chi connectivity index (χ1v) is 6.22. The SMILES string of the molecule is Cc1sccc1C(=O)C1CC2CC2C1. The summed E-state index contributed by atoms with van der Waals surface area (Å²) in [6.45, 7) is 2.05. The smallest absolute Gasteiger partial charge is 0.167 e. The van der Waals surface area contributed by atoms with Gasteiger partial charge in [-0.3, -0.25) is 4.79 Å². The van der Waals surface area contributed by atoms with Gasteiger partial charge in [0, 0.05) is 16.4 Å². The minimum atomic E-state index is 0.354. The Morgan fingerprint density at radius 1 is 1.36 bits per heavy atom. The summed E-state index contributed by atoms with van der Waals surface area (Å²) in [6, 6.07) is 1.99. The molecule has 1 aromatic heterocycles. The largest absolute Gasteiger partial charge is 0.294 e. The molecule has 2 aliphatic carbocycles. The second-order valence-electron chi connectivity index (χ2n) is 4.68. The first-order valence-electron chi connectivity index (χ1n) is 5.34. The third-order valence-electron chi connectivity index (χ3n) is 3.74. The number of carbonyl (C=O) groups is 1. The molecule has 0 spiro atoms. The lowest BCUT2D eigenvalue weighted by Gasteiger charge is -2.09. The van der Waals surface area contributed by atoms with Crippen LogP contribution in [0.4, 0.5) is 0 Å². The quantitative estimate of drug-likeness (QED) is 0.679. The number of hydrogen-bond acceptors (Lipinski definition) is 2. The molecule has 2 saturated carbocycles. The molecule has 2 fully saturated rings. The number of aryl methyl sites for hydroxylation is 1. The fourth-order valence-corrected chi connectivity index (χ4v) is 3.49. The zero-order valence-electron chi connectivity index (χ0n) is 8.32. The molecule has 74 valence electrons. The molecule has 1 aromatic rings. The highest BCUT2D eigenvalue weighted by molar-refractivity contribution is 7.10. The highest BCUT2D eigenvalue weighted by atomic mass is 32.1. The van der Waals surface area contributed by atoms with Crippen molar-refractivity contribution in [3.05, 3.63) is 21.9 Å². The van der Waals surface area contributed by atoms with E-state index in [2.05, 4.69) is 0 Å². The van der Waals surface area contributed by atoms with Gasteiger partial charge in [-0.25, -0.2) is 0 Å². The maximum Gasteiger partial charge on any atom is 0.167 e. The molecule has 2 unspecified atom stereocenters. The highest BCUT2D eigenvalue weighted by Gasteiger charge is 2.48. The summed E-state index contributed by atoms with van der Waals surface area (Å²) in [7, 11) is 0. The summed E-state index contributed by atoms with van der Waals surface area (Å²) in [5, 5.41) is 2.03. The molecule has 2 aliphatic rings. The lowest BCUT2D eigenvalue weighted by atomic mass is 9.94. The van der Waals surface area contributed by atoms with Crippen LogP contribution >= 0.6 is 11.3 Å². The van der Waals surface area contributed by atoms with E-state index in [1.165, 1.54) is 24.1 Å². The van der Waals surface area contributed by atoms with Gasteiger partial charge in [-0.2, -0.15) is 0 Å². The van der Waals surface area contributed by atoms with Crippen molar-refractivity contribution in [3.63, 3.8) is 0 Å². The van der Waals surface area contributed by atoms with Crippen molar-refractivity contribution >= 4 is 17.1 Å². The molecule has 2 heteroatoms. The summed E-state index contributed by atoms with van der Waals surface area (Å²) in [5.74, 6) is 2.58. The Kier molecular flexibility index (Phi) is 1.81. The average Bonchev–Trinajstić information content (AvgIpc) is 2.64. The predicted octanol–water partition coefficient (Wildman–Crippen LogP) is 3.29. The molecule has 0 aromatic carbocycles. The lowest BCUT2D eigenvalue weighted by Crippen LogP contribution is -2.13. The summed E-state index contributed by atoms with van der Waals surface area (Å²) in [4.78, 5) is 13.3. The van der Waals surface area contributed by atoms with Crippen molar-refractivity contribution in [2.24, 2.45) is 17.8 Å². The summed E-state index contributed by atoms with van der Waals surface area (Å²) in [6.07, 6.45) is 3.73. The van der Waals surface area contributed by atoms with E-state index in [4.69, 9.17) is 0 Å². The summed E-state index contributed by atoms with van der Waals surface area (Å²) < 4.78 is 0. The molecule has 14 heavy (non-hydrogen) atoms. The van der Waals surface area contributed by atoms with Gasteiger partial charge in [0.1, 0.15) is 0 Å². The van der Waals surface area contributed by atoms with Crippen molar-refractivity contribution in [3.8, 4) is 0 Å². The van der Waals surface area contributed by atoms with Gasteiger partial charge in [-0.05, 0) is 49.5 Å². The fraction of sp³-hybridized carbons (Fsp3) is 0.583.